The molecule has 2 heterocycles. The van der Waals surface area contributed by atoms with Crippen molar-refractivity contribution in [2.45, 2.75) is 57.7 Å². The molecule has 0 radical (unpaired) electrons. The molecule has 3 aromatic rings. The summed E-state index contributed by atoms with van der Waals surface area (Å²) in [7, 11) is 1.59. The summed E-state index contributed by atoms with van der Waals surface area (Å²) in [5, 5.41) is 31.7. The van der Waals surface area contributed by atoms with Crippen LogP contribution in [0.25, 0.3) is 10.9 Å². The van der Waals surface area contributed by atoms with Gasteiger partial charge in [-0.3, -0.25) is 9.78 Å². The normalized spacial score (nSPS) is 16.5. The summed E-state index contributed by atoms with van der Waals surface area (Å²) < 4.78 is 5.37. The van der Waals surface area contributed by atoms with E-state index in [9.17, 15) is 20.1 Å². The lowest BCUT2D eigenvalue weighted by atomic mass is 9.71. The third-order valence-electron chi connectivity index (χ3n) is 7.88. The number of hydrogen-bond donors (Lipinski definition) is 3. The number of aryl methyl sites for hydroxylation is 1. The highest BCUT2D eigenvalue weighted by atomic mass is 16.5. The molecule has 4 rings (SSSR count). The van der Waals surface area contributed by atoms with Crippen molar-refractivity contribution >= 4 is 16.9 Å². The van der Waals surface area contributed by atoms with E-state index in [1.54, 1.807) is 13.3 Å². The predicted octanol–water partition coefficient (Wildman–Crippen LogP) is 4.74. The minimum absolute atomic E-state index is 0.106. The van der Waals surface area contributed by atoms with Gasteiger partial charge in [-0.2, -0.15) is 0 Å². The quantitative estimate of drug-likeness (QED) is 0.326. The maximum atomic E-state index is 11.8. The largest absolute Gasteiger partial charge is 0.497 e. The van der Waals surface area contributed by atoms with Gasteiger partial charge in [0, 0.05) is 17.1 Å². The van der Waals surface area contributed by atoms with Gasteiger partial charge in [-0.15, -0.1) is 0 Å². The second kappa shape index (κ2) is 12.5. The molecule has 2 aromatic carbocycles. The van der Waals surface area contributed by atoms with Gasteiger partial charge in [-0.25, -0.2) is 0 Å². The zero-order chi connectivity index (χ0) is 26.3. The molecule has 1 aliphatic heterocycles. The molecule has 0 aliphatic carbocycles. The summed E-state index contributed by atoms with van der Waals surface area (Å²) >= 11 is 0. The van der Waals surface area contributed by atoms with E-state index in [4.69, 9.17) is 4.74 Å². The number of likely N-dealkylation sites (tertiary alicyclic amines) is 1. The first-order chi connectivity index (χ1) is 17.9. The summed E-state index contributed by atoms with van der Waals surface area (Å²) in [4.78, 5) is 18.7. The Hall–Kier alpha value is -3.00. The Morgan fingerprint density at radius 1 is 1.16 bits per heavy atom. The molecule has 0 spiro atoms. The molecule has 1 atom stereocenters. The molecular weight excluding hydrogens is 468 g/mol. The van der Waals surface area contributed by atoms with E-state index in [0.717, 1.165) is 56.2 Å². The van der Waals surface area contributed by atoms with Gasteiger partial charge >= 0.3 is 5.97 Å². The predicted molar refractivity (Wildman–Crippen MR) is 144 cm³/mol. The van der Waals surface area contributed by atoms with Crippen LogP contribution < -0.4 is 4.74 Å². The zero-order valence-corrected chi connectivity index (χ0v) is 21.6. The first kappa shape index (κ1) is 27.0. The number of ether oxygens (including phenoxy) is 1. The Morgan fingerprint density at radius 2 is 1.92 bits per heavy atom. The lowest BCUT2D eigenvalue weighted by molar-refractivity contribution is -0.141. The van der Waals surface area contributed by atoms with Crippen molar-refractivity contribution in [3.8, 4) is 5.75 Å². The number of fused-ring (bicyclic) bond motifs is 1. The average molecular weight is 507 g/mol. The van der Waals surface area contributed by atoms with Crippen LogP contribution in [0.2, 0.25) is 0 Å². The number of carboxylic acid groups (broad SMARTS) is 1. The van der Waals surface area contributed by atoms with Crippen LogP contribution in [-0.2, 0) is 17.8 Å². The Labute approximate surface area is 218 Å². The monoisotopic (exact) mass is 506 g/mol. The number of aliphatic hydroxyl groups is 2. The fraction of sp³-hybridized carbons (Fsp3) is 0.467. The molecular formula is C30H38N2O5. The van der Waals surface area contributed by atoms with Gasteiger partial charge in [0.25, 0.3) is 0 Å². The Balaban J connectivity index is 1.42. The number of nitrogens with zero attached hydrogens (tertiary/aromatic N) is 2. The number of rotatable bonds is 12. The van der Waals surface area contributed by atoms with Crippen LogP contribution in [0.5, 0.6) is 5.75 Å². The number of pyridine rings is 1. The Kier molecular flexibility index (Phi) is 9.14. The number of carboxylic acids is 1. The standard InChI is InChI=1S/C30H38N2O5/c1-37-24-9-10-26-25(18-24)29(23(21-33)20-31-26)27(34)11-12-30(19-28(35)36)13-16-32(17-14-30)15-5-8-22-6-3-2-4-7-22/h2-4,6-7,9-10,18,20,27,33-34H,5,8,11-17,19,21H2,1H3,(H,35,36)/t27-/m0/s1. The lowest BCUT2D eigenvalue weighted by Crippen LogP contribution is -2.41. The molecule has 1 aromatic heterocycles. The van der Waals surface area contributed by atoms with Crippen LogP contribution in [0.1, 0.15) is 61.3 Å². The number of carbonyl (C=O) groups is 1. The molecule has 1 fully saturated rings. The van der Waals surface area contributed by atoms with Gasteiger partial charge < -0.3 is 25.0 Å². The van der Waals surface area contributed by atoms with Crippen molar-refractivity contribution < 1.29 is 24.9 Å². The van der Waals surface area contributed by atoms with Crippen LogP contribution >= 0.6 is 0 Å². The van der Waals surface area contributed by atoms with Crippen LogP contribution in [-0.4, -0.2) is 57.9 Å². The number of methoxy groups -OCH3 is 1. The van der Waals surface area contributed by atoms with Crippen molar-refractivity contribution in [3.63, 3.8) is 0 Å². The fourth-order valence-electron chi connectivity index (χ4n) is 5.71. The van der Waals surface area contributed by atoms with E-state index >= 15 is 0 Å². The maximum absolute atomic E-state index is 11.8. The van der Waals surface area contributed by atoms with E-state index in [2.05, 4.69) is 34.1 Å². The van der Waals surface area contributed by atoms with Crippen molar-refractivity contribution in [1.82, 2.24) is 9.88 Å². The smallest absolute Gasteiger partial charge is 0.303 e. The zero-order valence-electron chi connectivity index (χ0n) is 21.6. The minimum atomic E-state index is -0.839. The topological polar surface area (TPSA) is 103 Å². The molecule has 37 heavy (non-hydrogen) atoms. The summed E-state index contributed by atoms with van der Waals surface area (Å²) in [6.07, 6.45) is 5.63. The number of aliphatic hydroxyl groups excluding tert-OH is 2. The third-order valence-corrected chi connectivity index (χ3v) is 7.88. The van der Waals surface area contributed by atoms with Gasteiger partial charge in [0.15, 0.2) is 0 Å². The summed E-state index contributed by atoms with van der Waals surface area (Å²) in [5.41, 5.74) is 2.94. The Bertz CT molecular complexity index is 1170. The molecule has 7 heteroatoms. The molecule has 1 aliphatic rings. The summed E-state index contributed by atoms with van der Waals surface area (Å²) in [6, 6.07) is 16.0. The van der Waals surface area contributed by atoms with Gasteiger partial charge in [0.1, 0.15) is 5.75 Å². The van der Waals surface area contributed by atoms with Crippen LogP contribution in [0.4, 0.5) is 0 Å². The number of aromatic nitrogens is 1. The lowest BCUT2D eigenvalue weighted by Gasteiger charge is -2.41. The van der Waals surface area contributed by atoms with Crippen molar-refractivity contribution in [1.29, 1.82) is 0 Å². The van der Waals surface area contributed by atoms with Crippen molar-refractivity contribution in [2.75, 3.05) is 26.7 Å². The second-order valence-electron chi connectivity index (χ2n) is 10.3. The van der Waals surface area contributed by atoms with Crippen LogP contribution in [0.3, 0.4) is 0 Å². The van der Waals surface area contributed by atoms with Gasteiger partial charge in [-0.1, -0.05) is 30.3 Å². The molecule has 0 bridgehead atoms. The summed E-state index contributed by atoms with van der Waals surface area (Å²) in [5.74, 6) is -0.137. The minimum Gasteiger partial charge on any atom is -0.497 e. The maximum Gasteiger partial charge on any atom is 0.303 e. The number of piperidine rings is 1. The fourth-order valence-corrected chi connectivity index (χ4v) is 5.71. The summed E-state index contributed by atoms with van der Waals surface area (Å²) in [6.45, 7) is 2.51. The highest BCUT2D eigenvalue weighted by molar-refractivity contribution is 5.85. The van der Waals surface area contributed by atoms with E-state index in [-0.39, 0.29) is 18.4 Å². The van der Waals surface area contributed by atoms with Crippen molar-refractivity contribution in [3.05, 3.63) is 71.4 Å². The van der Waals surface area contributed by atoms with E-state index in [1.807, 2.05) is 24.3 Å². The highest BCUT2D eigenvalue weighted by Gasteiger charge is 2.37. The van der Waals surface area contributed by atoms with Crippen LogP contribution in [0.15, 0.2) is 54.7 Å². The van der Waals surface area contributed by atoms with Crippen LogP contribution in [0, 0.1) is 5.41 Å². The molecule has 3 N–H and O–H groups in total. The Morgan fingerprint density at radius 3 is 2.59 bits per heavy atom. The first-order valence-corrected chi connectivity index (χ1v) is 13.2. The average Bonchev–Trinajstić information content (AvgIpc) is 2.92. The molecule has 198 valence electrons. The van der Waals surface area contributed by atoms with E-state index in [1.165, 1.54) is 5.56 Å². The molecule has 0 saturated carbocycles. The number of benzene rings is 2. The molecule has 1 saturated heterocycles. The van der Waals surface area contributed by atoms with E-state index in [0.29, 0.717) is 29.7 Å². The van der Waals surface area contributed by atoms with E-state index < -0.39 is 12.1 Å². The highest BCUT2D eigenvalue weighted by Crippen LogP contribution is 2.42. The molecule has 0 amide bonds. The first-order valence-electron chi connectivity index (χ1n) is 13.2. The molecule has 0 unspecified atom stereocenters. The van der Waals surface area contributed by atoms with Gasteiger partial charge in [0.05, 0.1) is 31.8 Å². The SMILES string of the molecule is COc1ccc2ncc(CO)c([C@@H](O)CCC3(CC(=O)O)CCN(CCCc4ccccc4)CC3)c2c1. The third kappa shape index (κ3) is 6.86. The van der Waals surface area contributed by atoms with Gasteiger partial charge in [-0.05, 0) is 92.9 Å². The number of aliphatic carboxylic acids is 1. The second-order valence-corrected chi connectivity index (χ2v) is 10.3. The van der Waals surface area contributed by atoms with Crippen molar-refractivity contribution in [2.24, 2.45) is 5.41 Å². The molecule has 7 nitrogen and oxygen atoms in total. The van der Waals surface area contributed by atoms with Gasteiger partial charge in [0.2, 0.25) is 0 Å². The number of hydrogen-bond acceptors (Lipinski definition) is 6.